The fourth-order valence-corrected chi connectivity index (χ4v) is 6.58. The summed E-state index contributed by atoms with van der Waals surface area (Å²) < 4.78 is 5.71. The maximum Gasteiger partial charge on any atom is 0.308 e. The second-order valence-electron chi connectivity index (χ2n) is 12.8. The number of fused-ring (bicyclic) bond motifs is 1. The number of benzene rings is 1. The van der Waals surface area contributed by atoms with E-state index in [1.54, 1.807) is 0 Å². The number of carbonyl (C=O) groups is 2. The largest absolute Gasteiger partial charge is 0.493 e. The lowest BCUT2D eigenvalue weighted by Gasteiger charge is -2.35. The van der Waals surface area contributed by atoms with Crippen LogP contribution in [0.2, 0.25) is 0 Å². The number of nitrogens with zero attached hydrogens (tertiary/aromatic N) is 3. The second kappa shape index (κ2) is 14.5. The number of hydrogen-bond donors (Lipinski definition) is 1. The summed E-state index contributed by atoms with van der Waals surface area (Å²) in [6.07, 6.45) is 7.81. The van der Waals surface area contributed by atoms with Crippen molar-refractivity contribution in [3.63, 3.8) is 0 Å². The quantitative estimate of drug-likeness (QED) is 0.286. The van der Waals surface area contributed by atoms with Gasteiger partial charge in [0.2, 0.25) is 5.91 Å². The maximum atomic E-state index is 13.8. The van der Waals surface area contributed by atoms with E-state index in [4.69, 9.17) is 4.74 Å². The average Bonchev–Trinajstić information content (AvgIpc) is 3.47. The van der Waals surface area contributed by atoms with Gasteiger partial charge in [0.1, 0.15) is 5.75 Å². The Labute approximate surface area is 236 Å². The Kier molecular flexibility index (Phi) is 11.7. The molecule has 1 aromatic rings. The first kappa shape index (κ1) is 31.4. The molecule has 39 heavy (non-hydrogen) atoms. The molecule has 0 aromatic heterocycles. The number of hydrogen-bond acceptors (Lipinski definition) is 5. The normalized spacial score (nSPS) is 21.3. The van der Waals surface area contributed by atoms with Crippen molar-refractivity contribution in [3.8, 4) is 5.75 Å². The van der Waals surface area contributed by atoms with Crippen LogP contribution in [-0.2, 0) is 16.0 Å². The molecular weight excluding hydrogens is 490 g/mol. The van der Waals surface area contributed by atoms with E-state index in [-0.39, 0.29) is 23.3 Å². The molecule has 1 aromatic carbocycles. The third-order valence-corrected chi connectivity index (χ3v) is 8.62. The van der Waals surface area contributed by atoms with Crippen molar-refractivity contribution in [3.05, 3.63) is 29.3 Å². The molecule has 3 rings (SSSR count). The monoisotopic (exact) mass is 543 g/mol. The highest BCUT2D eigenvalue weighted by atomic mass is 16.5. The van der Waals surface area contributed by atoms with Crippen LogP contribution in [-0.4, -0.2) is 91.2 Å². The molecule has 0 bridgehead atoms. The summed E-state index contributed by atoms with van der Waals surface area (Å²) in [4.78, 5) is 33.0. The van der Waals surface area contributed by atoms with Crippen molar-refractivity contribution in [2.45, 2.75) is 91.0 Å². The Morgan fingerprint density at radius 2 is 1.79 bits per heavy atom. The molecule has 1 amide bonds. The zero-order valence-corrected chi connectivity index (χ0v) is 25.4. The molecule has 2 aliphatic heterocycles. The van der Waals surface area contributed by atoms with Gasteiger partial charge in [-0.15, -0.1) is 0 Å². The zero-order chi connectivity index (χ0) is 28.6. The third-order valence-electron chi connectivity index (χ3n) is 8.62. The van der Waals surface area contributed by atoms with Crippen LogP contribution in [0.1, 0.15) is 89.7 Å². The maximum absolute atomic E-state index is 13.8. The molecule has 1 saturated heterocycles. The fraction of sp³-hybridized carbons (Fsp3) is 0.750. The molecule has 3 atom stereocenters. The van der Waals surface area contributed by atoms with Crippen LogP contribution in [0.15, 0.2) is 18.2 Å². The van der Waals surface area contributed by atoms with Gasteiger partial charge in [0, 0.05) is 38.0 Å². The standard InChI is InChI=1S/C32H53N3O4/c1-7-9-17-34(18-11-10-16-33(5)6)29(36)23-35-22-26(24-12-13-28-25(20-24)14-19-39-28)30(31(37)38)27(35)21-32(3,4)15-8-2/h12-13,20,26-27,30H,7-11,14-19,21-23H2,1-6H3,(H,37,38)/t26-,27+,30?/m1/s1. The molecular formula is C32H53N3O4. The number of aliphatic carboxylic acids is 1. The third kappa shape index (κ3) is 8.68. The van der Waals surface area contributed by atoms with E-state index in [1.165, 1.54) is 0 Å². The van der Waals surface area contributed by atoms with E-state index in [0.29, 0.717) is 19.7 Å². The molecule has 7 heteroatoms. The van der Waals surface area contributed by atoms with Gasteiger partial charge in [-0.05, 0) is 75.4 Å². The van der Waals surface area contributed by atoms with E-state index in [0.717, 1.165) is 87.9 Å². The highest BCUT2D eigenvalue weighted by Crippen LogP contribution is 2.44. The number of carboxylic acids is 1. The summed E-state index contributed by atoms with van der Waals surface area (Å²) in [6.45, 7) is 13.0. The average molecular weight is 544 g/mol. The lowest BCUT2D eigenvalue weighted by atomic mass is 9.76. The van der Waals surface area contributed by atoms with Crippen molar-refractivity contribution < 1.29 is 19.4 Å². The highest BCUT2D eigenvalue weighted by Gasteiger charge is 2.48. The Bertz CT molecular complexity index is 947. The summed E-state index contributed by atoms with van der Waals surface area (Å²) in [6, 6.07) is 6.02. The number of carbonyl (C=O) groups excluding carboxylic acids is 1. The van der Waals surface area contributed by atoms with E-state index in [9.17, 15) is 14.7 Å². The van der Waals surface area contributed by atoms with Crippen LogP contribution in [0.25, 0.3) is 0 Å². The number of unbranched alkanes of at least 4 members (excludes halogenated alkanes) is 2. The smallest absolute Gasteiger partial charge is 0.308 e. The Morgan fingerprint density at radius 1 is 1.08 bits per heavy atom. The van der Waals surface area contributed by atoms with E-state index in [2.05, 4.69) is 57.7 Å². The minimum atomic E-state index is -0.754. The van der Waals surface area contributed by atoms with Gasteiger partial charge < -0.3 is 19.6 Å². The van der Waals surface area contributed by atoms with E-state index < -0.39 is 11.9 Å². The molecule has 1 fully saturated rings. The summed E-state index contributed by atoms with van der Waals surface area (Å²) in [5.74, 6) is -0.391. The van der Waals surface area contributed by atoms with Crippen LogP contribution >= 0.6 is 0 Å². The summed E-state index contributed by atoms with van der Waals surface area (Å²) in [5.41, 5.74) is 2.23. The van der Waals surface area contributed by atoms with Crippen molar-refractivity contribution >= 4 is 11.9 Å². The number of likely N-dealkylation sites (tertiary alicyclic amines) is 1. The molecule has 2 heterocycles. The molecule has 2 aliphatic rings. The second-order valence-corrected chi connectivity index (χ2v) is 12.8. The summed E-state index contributed by atoms with van der Waals surface area (Å²) in [7, 11) is 4.16. The lowest BCUT2D eigenvalue weighted by molar-refractivity contribution is -0.144. The van der Waals surface area contributed by atoms with Crippen LogP contribution in [0.4, 0.5) is 0 Å². The molecule has 1 N–H and O–H groups in total. The van der Waals surface area contributed by atoms with Gasteiger partial charge >= 0.3 is 5.97 Å². The molecule has 0 saturated carbocycles. The number of amides is 1. The molecule has 0 aliphatic carbocycles. The number of ether oxygens (including phenoxy) is 1. The number of carboxylic acid groups (broad SMARTS) is 1. The van der Waals surface area contributed by atoms with Gasteiger partial charge in [0.15, 0.2) is 0 Å². The van der Waals surface area contributed by atoms with Crippen molar-refractivity contribution in [2.75, 3.05) is 53.4 Å². The minimum absolute atomic E-state index is 0.00313. The highest BCUT2D eigenvalue weighted by molar-refractivity contribution is 5.79. The Morgan fingerprint density at radius 3 is 2.46 bits per heavy atom. The van der Waals surface area contributed by atoms with Gasteiger partial charge in [0.05, 0.1) is 19.1 Å². The van der Waals surface area contributed by atoms with E-state index >= 15 is 0 Å². The van der Waals surface area contributed by atoms with Gasteiger partial charge in [-0.25, -0.2) is 0 Å². The predicted octanol–water partition coefficient (Wildman–Crippen LogP) is 5.28. The van der Waals surface area contributed by atoms with Crippen molar-refractivity contribution in [1.82, 2.24) is 14.7 Å². The summed E-state index contributed by atoms with van der Waals surface area (Å²) in [5, 5.41) is 10.6. The molecule has 0 radical (unpaired) electrons. The first-order valence-electron chi connectivity index (χ1n) is 15.2. The van der Waals surface area contributed by atoms with Crippen LogP contribution in [0.5, 0.6) is 5.75 Å². The number of rotatable bonds is 16. The molecule has 7 nitrogen and oxygen atoms in total. The van der Waals surface area contributed by atoms with Gasteiger partial charge in [-0.3, -0.25) is 14.5 Å². The van der Waals surface area contributed by atoms with Gasteiger partial charge in [-0.2, -0.15) is 0 Å². The van der Waals surface area contributed by atoms with Crippen LogP contribution in [0.3, 0.4) is 0 Å². The van der Waals surface area contributed by atoms with Crippen molar-refractivity contribution in [2.24, 2.45) is 11.3 Å². The fourth-order valence-electron chi connectivity index (χ4n) is 6.58. The topological polar surface area (TPSA) is 73.3 Å². The van der Waals surface area contributed by atoms with Crippen LogP contribution < -0.4 is 4.74 Å². The first-order chi connectivity index (χ1) is 18.6. The molecule has 220 valence electrons. The van der Waals surface area contributed by atoms with E-state index in [1.807, 2.05) is 17.0 Å². The van der Waals surface area contributed by atoms with Crippen LogP contribution in [0, 0.1) is 11.3 Å². The Balaban J connectivity index is 1.85. The Hall–Kier alpha value is -2.12. The summed E-state index contributed by atoms with van der Waals surface area (Å²) >= 11 is 0. The predicted molar refractivity (Wildman–Crippen MR) is 157 cm³/mol. The SMILES string of the molecule is CCCCN(CCCCN(C)C)C(=O)CN1C[C@H](c2ccc3c(c2)CCO3)C(C(=O)O)[C@@H]1CC(C)(C)CCC. The molecule has 0 spiro atoms. The van der Waals surface area contributed by atoms with Gasteiger partial charge in [-0.1, -0.05) is 52.7 Å². The van der Waals surface area contributed by atoms with Gasteiger partial charge in [0.25, 0.3) is 0 Å². The first-order valence-corrected chi connectivity index (χ1v) is 15.2. The van der Waals surface area contributed by atoms with Crippen molar-refractivity contribution in [1.29, 1.82) is 0 Å². The zero-order valence-electron chi connectivity index (χ0n) is 25.4. The molecule has 1 unspecified atom stereocenters. The minimum Gasteiger partial charge on any atom is -0.493 e. The lowest BCUT2D eigenvalue weighted by Crippen LogP contribution is -2.46.